The van der Waals surface area contributed by atoms with Crippen LogP contribution in [0, 0.1) is 0 Å². The highest BCUT2D eigenvalue weighted by Crippen LogP contribution is 2.37. The van der Waals surface area contributed by atoms with Gasteiger partial charge in [-0.05, 0) is 36.4 Å². The number of rotatable bonds is 8. The van der Waals surface area contributed by atoms with Crippen molar-refractivity contribution in [2.75, 3.05) is 19.7 Å². The van der Waals surface area contributed by atoms with Crippen LogP contribution in [0.2, 0.25) is 0 Å². The molecule has 3 heterocycles. The Morgan fingerprint density at radius 3 is 2.86 bits per heavy atom. The van der Waals surface area contributed by atoms with Gasteiger partial charge < -0.3 is 14.2 Å². The summed E-state index contributed by atoms with van der Waals surface area (Å²) in [5.41, 5.74) is 4.76. The summed E-state index contributed by atoms with van der Waals surface area (Å²) >= 11 is 1.26. The van der Waals surface area contributed by atoms with Crippen LogP contribution in [0.3, 0.4) is 0 Å². The van der Waals surface area contributed by atoms with E-state index in [1.807, 2.05) is 53.1 Å². The van der Waals surface area contributed by atoms with Gasteiger partial charge in [-0.1, -0.05) is 30.0 Å². The molecular formula is C24H20N6O4S. The Labute approximate surface area is 205 Å². The second-order valence-corrected chi connectivity index (χ2v) is 8.19. The molecule has 0 saturated carbocycles. The van der Waals surface area contributed by atoms with Crippen molar-refractivity contribution >= 4 is 23.9 Å². The average molecular weight is 489 g/mol. The highest BCUT2D eigenvalue weighted by Gasteiger charge is 2.20. The summed E-state index contributed by atoms with van der Waals surface area (Å²) in [6.45, 7) is 0.191. The number of benzene rings is 2. The molecule has 0 saturated heterocycles. The number of pyridine rings is 1. The average Bonchev–Trinajstić information content (AvgIpc) is 3.54. The molecule has 0 unspecified atom stereocenters. The van der Waals surface area contributed by atoms with Crippen molar-refractivity contribution in [3.05, 3.63) is 72.6 Å². The molecule has 0 fully saturated rings. The maximum atomic E-state index is 12.4. The van der Waals surface area contributed by atoms with Crippen molar-refractivity contribution in [2.24, 2.45) is 5.10 Å². The number of aromatic nitrogens is 4. The monoisotopic (exact) mass is 488 g/mol. The van der Waals surface area contributed by atoms with Crippen LogP contribution in [-0.2, 0) is 4.79 Å². The van der Waals surface area contributed by atoms with Crippen molar-refractivity contribution in [1.29, 1.82) is 0 Å². The SMILES string of the molecule is COc1ccnc(/C=N/NC(=O)CSc2nnc(-c3ccc4c(c3)OCO4)n2-c2ccccc2)c1. The summed E-state index contributed by atoms with van der Waals surface area (Å²) in [4.78, 5) is 16.6. The van der Waals surface area contributed by atoms with Gasteiger partial charge >= 0.3 is 0 Å². The Morgan fingerprint density at radius 2 is 2.00 bits per heavy atom. The lowest BCUT2D eigenvalue weighted by molar-refractivity contribution is -0.118. The van der Waals surface area contributed by atoms with Gasteiger partial charge in [-0.15, -0.1) is 10.2 Å². The molecule has 35 heavy (non-hydrogen) atoms. The van der Waals surface area contributed by atoms with E-state index in [-0.39, 0.29) is 18.5 Å². The number of ether oxygens (including phenoxy) is 3. The van der Waals surface area contributed by atoms with Gasteiger partial charge in [0.25, 0.3) is 5.91 Å². The second-order valence-electron chi connectivity index (χ2n) is 7.25. The lowest BCUT2D eigenvalue weighted by atomic mass is 10.2. The summed E-state index contributed by atoms with van der Waals surface area (Å²) < 4.78 is 18.0. The number of para-hydroxylation sites is 1. The van der Waals surface area contributed by atoms with Crippen molar-refractivity contribution in [1.82, 2.24) is 25.2 Å². The minimum Gasteiger partial charge on any atom is -0.497 e. The van der Waals surface area contributed by atoms with Gasteiger partial charge in [0.2, 0.25) is 6.79 Å². The van der Waals surface area contributed by atoms with E-state index in [0.717, 1.165) is 11.3 Å². The summed E-state index contributed by atoms with van der Waals surface area (Å²) in [6.07, 6.45) is 3.06. The molecule has 0 spiro atoms. The van der Waals surface area contributed by atoms with E-state index in [4.69, 9.17) is 14.2 Å². The van der Waals surface area contributed by atoms with Gasteiger partial charge in [0.1, 0.15) is 5.75 Å². The Hall–Kier alpha value is -4.38. The normalized spacial score (nSPS) is 12.1. The molecule has 1 aliphatic rings. The molecule has 1 amide bonds. The number of carbonyl (C=O) groups excluding carboxylic acids is 1. The van der Waals surface area contributed by atoms with Gasteiger partial charge in [0.05, 0.1) is 24.8 Å². The molecule has 176 valence electrons. The van der Waals surface area contributed by atoms with Crippen LogP contribution in [0.15, 0.2) is 77.1 Å². The van der Waals surface area contributed by atoms with Crippen LogP contribution in [0.1, 0.15) is 5.69 Å². The minimum absolute atomic E-state index is 0.0922. The number of hydrogen-bond donors (Lipinski definition) is 1. The molecule has 2 aromatic carbocycles. The highest BCUT2D eigenvalue weighted by atomic mass is 32.2. The van der Waals surface area contributed by atoms with Crippen LogP contribution < -0.4 is 19.6 Å². The van der Waals surface area contributed by atoms with Crippen LogP contribution in [0.5, 0.6) is 17.2 Å². The largest absolute Gasteiger partial charge is 0.497 e. The molecule has 2 aromatic heterocycles. The summed E-state index contributed by atoms with van der Waals surface area (Å²) in [6, 6.07) is 18.8. The number of methoxy groups -OCH3 is 1. The Balaban J connectivity index is 1.32. The van der Waals surface area contributed by atoms with Gasteiger partial charge in [-0.25, -0.2) is 5.43 Å². The molecule has 4 aromatic rings. The fourth-order valence-corrected chi connectivity index (χ4v) is 4.10. The van der Waals surface area contributed by atoms with Crippen molar-refractivity contribution in [3.63, 3.8) is 0 Å². The zero-order valence-corrected chi connectivity index (χ0v) is 19.4. The number of nitrogens with zero attached hydrogens (tertiary/aromatic N) is 5. The molecule has 5 rings (SSSR count). The van der Waals surface area contributed by atoms with Crippen molar-refractivity contribution in [2.45, 2.75) is 5.16 Å². The van der Waals surface area contributed by atoms with Crippen LogP contribution in [-0.4, -0.2) is 51.5 Å². The zero-order chi connectivity index (χ0) is 24.0. The first kappa shape index (κ1) is 22.4. The lowest BCUT2D eigenvalue weighted by Crippen LogP contribution is -2.20. The summed E-state index contributed by atoms with van der Waals surface area (Å²) in [5.74, 6) is 2.43. The summed E-state index contributed by atoms with van der Waals surface area (Å²) in [7, 11) is 1.57. The van der Waals surface area contributed by atoms with Gasteiger partial charge in [0.15, 0.2) is 22.5 Å². The number of hydrazone groups is 1. The first-order chi connectivity index (χ1) is 17.2. The molecule has 0 aliphatic carbocycles. The topological polar surface area (TPSA) is 113 Å². The first-order valence-electron chi connectivity index (χ1n) is 10.6. The fraction of sp³-hybridized carbons (Fsp3) is 0.125. The number of amides is 1. The fourth-order valence-electron chi connectivity index (χ4n) is 3.35. The quantitative estimate of drug-likeness (QED) is 0.228. The van der Waals surface area contributed by atoms with E-state index in [0.29, 0.717) is 33.9 Å². The Morgan fingerprint density at radius 1 is 1.14 bits per heavy atom. The highest BCUT2D eigenvalue weighted by molar-refractivity contribution is 7.99. The standard InChI is InChI=1S/C24H20N6O4S/c1-32-19-9-10-25-17(12-19)13-26-27-22(31)14-35-24-29-28-23(30(24)18-5-3-2-4-6-18)16-7-8-20-21(11-16)34-15-33-20/h2-13H,14-15H2,1H3,(H,27,31)/b26-13+. The lowest BCUT2D eigenvalue weighted by Gasteiger charge is -2.10. The molecule has 1 N–H and O–H groups in total. The third kappa shape index (κ3) is 5.09. The second kappa shape index (κ2) is 10.3. The Kier molecular flexibility index (Phi) is 6.57. The van der Waals surface area contributed by atoms with Crippen LogP contribution in [0.25, 0.3) is 17.1 Å². The van der Waals surface area contributed by atoms with E-state index >= 15 is 0 Å². The molecule has 1 aliphatic heterocycles. The molecule has 10 nitrogen and oxygen atoms in total. The van der Waals surface area contributed by atoms with Gasteiger partial charge in [0, 0.05) is 23.5 Å². The van der Waals surface area contributed by atoms with E-state index in [1.165, 1.54) is 18.0 Å². The zero-order valence-electron chi connectivity index (χ0n) is 18.6. The maximum absolute atomic E-state index is 12.4. The van der Waals surface area contributed by atoms with Gasteiger partial charge in [-0.2, -0.15) is 5.10 Å². The van der Waals surface area contributed by atoms with E-state index in [2.05, 4.69) is 25.7 Å². The third-order valence-corrected chi connectivity index (χ3v) is 5.91. The number of carbonyl (C=O) groups is 1. The molecule has 11 heteroatoms. The first-order valence-corrected chi connectivity index (χ1v) is 11.6. The van der Waals surface area contributed by atoms with Crippen molar-refractivity contribution in [3.8, 4) is 34.3 Å². The summed E-state index contributed by atoms with van der Waals surface area (Å²) in [5, 5.41) is 13.3. The number of fused-ring (bicyclic) bond motifs is 1. The number of nitrogens with one attached hydrogen (secondary N) is 1. The third-order valence-electron chi connectivity index (χ3n) is 4.99. The molecular weight excluding hydrogens is 468 g/mol. The number of thioether (sulfide) groups is 1. The van der Waals surface area contributed by atoms with Crippen LogP contribution in [0.4, 0.5) is 0 Å². The van der Waals surface area contributed by atoms with Crippen molar-refractivity contribution < 1.29 is 19.0 Å². The van der Waals surface area contributed by atoms with Crippen LogP contribution >= 0.6 is 11.8 Å². The molecule has 0 bridgehead atoms. The maximum Gasteiger partial charge on any atom is 0.250 e. The number of hydrogen-bond acceptors (Lipinski definition) is 9. The van der Waals surface area contributed by atoms with Gasteiger partial charge in [-0.3, -0.25) is 14.3 Å². The molecule has 0 atom stereocenters. The predicted octanol–water partition coefficient (Wildman–Crippen LogP) is 3.31. The molecule has 0 radical (unpaired) electrons. The Bertz CT molecular complexity index is 1380. The smallest absolute Gasteiger partial charge is 0.250 e. The predicted molar refractivity (Wildman–Crippen MR) is 130 cm³/mol. The van der Waals surface area contributed by atoms with E-state index in [1.54, 1.807) is 25.4 Å². The van der Waals surface area contributed by atoms with E-state index < -0.39 is 0 Å². The van der Waals surface area contributed by atoms with E-state index in [9.17, 15) is 4.79 Å². The minimum atomic E-state index is -0.290.